The lowest BCUT2D eigenvalue weighted by atomic mass is 10.0. The van der Waals surface area contributed by atoms with E-state index in [1.165, 1.54) is 53.1 Å². The van der Waals surface area contributed by atoms with Gasteiger partial charge in [0.2, 0.25) is 0 Å². The fraction of sp³-hybridized carbons (Fsp3) is 0. The molecule has 0 aliphatic rings. The highest BCUT2D eigenvalue weighted by molar-refractivity contribution is 7.26. The lowest BCUT2D eigenvalue weighted by Crippen LogP contribution is -1.77. The first-order valence-corrected chi connectivity index (χ1v) is 9.61. The second-order valence-corrected chi connectivity index (χ2v) is 7.77. The van der Waals surface area contributed by atoms with Crippen molar-refractivity contribution in [2.75, 3.05) is 0 Å². The summed E-state index contributed by atoms with van der Waals surface area (Å²) in [6.07, 6.45) is 0. The molecule has 1 N–H and O–H groups in total. The summed E-state index contributed by atoms with van der Waals surface area (Å²) in [5.41, 5.74) is 4.91. The maximum atomic E-state index is 3.63. The third-order valence-corrected chi connectivity index (χ3v) is 6.42. The molecule has 1 nitrogen and oxygen atoms in total. The molecule has 122 valence electrons. The van der Waals surface area contributed by atoms with E-state index in [1.54, 1.807) is 0 Å². The summed E-state index contributed by atoms with van der Waals surface area (Å²) >= 11 is 1.89. The van der Waals surface area contributed by atoms with E-state index in [9.17, 15) is 0 Å². The molecule has 4 aromatic carbocycles. The van der Waals surface area contributed by atoms with Crippen molar-refractivity contribution in [3.8, 4) is 11.1 Å². The molecule has 0 unspecified atom stereocenters. The third kappa shape index (κ3) is 1.91. The molecular formula is C24H15NS. The van der Waals surface area contributed by atoms with Crippen molar-refractivity contribution in [3.05, 3.63) is 84.9 Å². The van der Waals surface area contributed by atoms with Crippen LogP contribution in [-0.4, -0.2) is 4.98 Å². The minimum atomic E-state index is 1.20. The Morgan fingerprint density at radius 3 is 2.31 bits per heavy atom. The first-order chi connectivity index (χ1) is 12.9. The van der Waals surface area contributed by atoms with Crippen molar-refractivity contribution in [2.45, 2.75) is 0 Å². The van der Waals surface area contributed by atoms with Crippen LogP contribution in [0.2, 0.25) is 0 Å². The molecule has 0 aliphatic heterocycles. The summed E-state index contributed by atoms with van der Waals surface area (Å²) in [6, 6.07) is 30.5. The van der Waals surface area contributed by atoms with Gasteiger partial charge >= 0.3 is 0 Å². The fourth-order valence-electron chi connectivity index (χ4n) is 3.98. The molecule has 6 aromatic rings. The van der Waals surface area contributed by atoms with Gasteiger partial charge in [-0.2, -0.15) is 0 Å². The van der Waals surface area contributed by atoms with Gasteiger partial charge in [0.15, 0.2) is 0 Å². The molecule has 0 radical (unpaired) electrons. The minimum Gasteiger partial charge on any atom is -0.354 e. The Morgan fingerprint density at radius 2 is 1.38 bits per heavy atom. The number of aromatic amines is 1. The van der Waals surface area contributed by atoms with Crippen molar-refractivity contribution in [2.24, 2.45) is 0 Å². The molecule has 2 heteroatoms. The second kappa shape index (κ2) is 5.20. The maximum Gasteiger partial charge on any atom is 0.0479 e. The van der Waals surface area contributed by atoms with Crippen LogP contribution in [0.4, 0.5) is 0 Å². The second-order valence-electron chi connectivity index (χ2n) is 6.71. The number of fused-ring (bicyclic) bond motifs is 7. The van der Waals surface area contributed by atoms with Crippen LogP contribution < -0.4 is 0 Å². The fourth-order valence-corrected chi connectivity index (χ4v) is 5.25. The molecule has 0 amide bonds. The van der Waals surface area contributed by atoms with Crippen molar-refractivity contribution in [3.63, 3.8) is 0 Å². The molecule has 0 atom stereocenters. The van der Waals surface area contributed by atoms with Crippen LogP contribution in [0, 0.1) is 0 Å². The quantitative estimate of drug-likeness (QED) is 0.319. The van der Waals surface area contributed by atoms with Gasteiger partial charge in [-0.15, -0.1) is 11.3 Å². The van der Waals surface area contributed by atoms with Gasteiger partial charge in [0, 0.05) is 42.0 Å². The summed E-state index contributed by atoms with van der Waals surface area (Å²) in [6.45, 7) is 0. The number of benzene rings is 4. The Kier molecular flexibility index (Phi) is 2.82. The Bertz CT molecular complexity index is 1420. The molecule has 2 heterocycles. The van der Waals surface area contributed by atoms with E-state index in [1.807, 2.05) is 11.3 Å². The lowest BCUT2D eigenvalue weighted by molar-refractivity contribution is 1.54. The topological polar surface area (TPSA) is 15.8 Å². The van der Waals surface area contributed by atoms with Crippen LogP contribution in [0.25, 0.3) is 53.1 Å². The molecule has 6 rings (SSSR count). The van der Waals surface area contributed by atoms with Crippen LogP contribution in [0.15, 0.2) is 84.9 Å². The number of hydrogen-bond donors (Lipinski definition) is 1. The van der Waals surface area contributed by atoms with Crippen LogP contribution in [-0.2, 0) is 0 Å². The van der Waals surface area contributed by atoms with Gasteiger partial charge in [-0.1, -0.05) is 66.7 Å². The van der Waals surface area contributed by atoms with E-state index in [2.05, 4.69) is 89.9 Å². The Morgan fingerprint density at radius 1 is 0.577 bits per heavy atom. The summed E-state index contributed by atoms with van der Waals surface area (Å²) in [7, 11) is 0. The van der Waals surface area contributed by atoms with E-state index in [-0.39, 0.29) is 0 Å². The van der Waals surface area contributed by atoms with Gasteiger partial charge in [0.1, 0.15) is 0 Å². The van der Waals surface area contributed by atoms with Gasteiger partial charge in [0.05, 0.1) is 0 Å². The lowest BCUT2D eigenvalue weighted by Gasteiger charge is -2.01. The average Bonchev–Trinajstić information content (AvgIpc) is 3.25. The summed E-state index contributed by atoms with van der Waals surface area (Å²) in [5.74, 6) is 0. The number of thiophene rings is 1. The molecule has 0 aliphatic carbocycles. The molecule has 26 heavy (non-hydrogen) atoms. The Hall–Kier alpha value is -3.10. The van der Waals surface area contributed by atoms with Gasteiger partial charge < -0.3 is 4.98 Å². The highest BCUT2D eigenvalue weighted by atomic mass is 32.1. The van der Waals surface area contributed by atoms with E-state index in [0.29, 0.717) is 0 Å². The van der Waals surface area contributed by atoms with Crippen molar-refractivity contribution in [1.29, 1.82) is 0 Å². The molecule has 0 bridgehead atoms. The van der Waals surface area contributed by atoms with E-state index in [0.717, 1.165) is 0 Å². The van der Waals surface area contributed by atoms with Crippen LogP contribution in [0.1, 0.15) is 0 Å². The molecule has 2 aromatic heterocycles. The number of rotatable bonds is 1. The van der Waals surface area contributed by atoms with Gasteiger partial charge in [0.25, 0.3) is 0 Å². The van der Waals surface area contributed by atoms with Crippen molar-refractivity contribution >= 4 is 53.3 Å². The first-order valence-electron chi connectivity index (χ1n) is 8.79. The van der Waals surface area contributed by atoms with Gasteiger partial charge in [-0.25, -0.2) is 0 Å². The molecule has 0 fully saturated rings. The van der Waals surface area contributed by atoms with Gasteiger partial charge in [-0.05, 0) is 29.3 Å². The summed E-state index contributed by atoms with van der Waals surface area (Å²) < 4.78 is 2.73. The molecular weight excluding hydrogens is 334 g/mol. The SMILES string of the molecule is c1ccc(-c2ccc3c(c2)[nH]c2ccc4c5ccccc5sc4c23)cc1. The zero-order valence-corrected chi connectivity index (χ0v) is 14.8. The summed E-state index contributed by atoms with van der Waals surface area (Å²) in [5, 5.41) is 5.35. The normalized spacial score (nSPS) is 11.8. The summed E-state index contributed by atoms with van der Waals surface area (Å²) in [4.78, 5) is 3.63. The van der Waals surface area contributed by atoms with Crippen LogP contribution in [0.3, 0.4) is 0 Å². The van der Waals surface area contributed by atoms with Gasteiger partial charge in [-0.3, -0.25) is 0 Å². The van der Waals surface area contributed by atoms with E-state index in [4.69, 9.17) is 0 Å². The zero-order valence-electron chi connectivity index (χ0n) is 14.0. The zero-order chi connectivity index (χ0) is 17.1. The highest BCUT2D eigenvalue weighted by Gasteiger charge is 2.13. The number of aromatic nitrogens is 1. The predicted octanol–water partition coefficient (Wildman–Crippen LogP) is 7.36. The predicted molar refractivity (Wildman–Crippen MR) is 114 cm³/mol. The number of H-pyrrole nitrogens is 1. The van der Waals surface area contributed by atoms with Crippen molar-refractivity contribution in [1.82, 2.24) is 4.98 Å². The van der Waals surface area contributed by atoms with E-state index < -0.39 is 0 Å². The smallest absolute Gasteiger partial charge is 0.0479 e. The third-order valence-electron chi connectivity index (χ3n) is 5.21. The number of nitrogens with one attached hydrogen (secondary N) is 1. The number of hydrogen-bond acceptors (Lipinski definition) is 1. The van der Waals surface area contributed by atoms with Crippen LogP contribution >= 0.6 is 11.3 Å². The first kappa shape index (κ1) is 14.1. The largest absolute Gasteiger partial charge is 0.354 e. The minimum absolute atomic E-state index is 1.20. The monoisotopic (exact) mass is 349 g/mol. The Labute approximate surface area is 154 Å². The van der Waals surface area contributed by atoms with Crippen molar-refractivity contribution < 1.29 is 0 Å². The maximum absolute atomic E-state index is 3.63. The average molecular weight is 349 g/mol. The van der Waals surface area contributed by atoms with Crippen LogP contribution in [0.5, 0.6) is 0 Å². The molecule has 0 spiro atoms. The standard InChI is InChI=1S/C24H15NS/c1-2-6-15(7-3-1)16-10-11-19-21(14-16)25-20-13-12-18-17-8-4-5-9-22(17)26-24(18)23(19)20/h1-14,25H. The molecule has 0 saturated heterocycles. The molecule has 0 saturated carbocycles. The Balaban J connectivity index is 1.71. The van der Waals surface area contributed by atoms with E-state index >= 15 is 0 Å². The highest BCUT2D eigenvalue weighted by Crippen LogP contribution is 2.41.